The van der Waals surface area contributed by atoms with E-state index in [9.17, 15) is 0 Å². The number of thioether (sulfide) groups is 2. The second-order valence-corrected chi connectivity index (χ2v) is 8.17. The molecule has 0 spiro atoms. The number of hydrogen-bond donors (Lipinski definition) is 0. The average Bonchev–Trinajstić information content (AvgIpc) is 3.06. The van der Waals surface area contributed by atoms with Gasteiger partial charge in [0, 0.05) is 6.07 Å². The zero-order chi connectivity index (χ0) is 14.7. The van der Waals surface area contributed by atoms with Crippen molar-refractivity contribution in [1.82, 2.24) is 0 Å². The number of ether oxygens (including phenoxy) is 2. The molecule has 0 atom stereocenters. The van der Waals surface area contributed by atoms with Crippen LogP contribution in [0.5, 0.6) is 11.5 Å². The fourth-order valence-corrected chi connectivity index (χ4v) is 6.11. The Balaban J connectivity index is 2.00. The monoisotopic (exact) mass is 322 g/mol. The van der Waals surface area contributed by atoms with E-state index in [0.717, 1.165) is 11.5 Å². The van der Waals surface area contributed by atoms with Crippen molar-refractivity contribution in [2.75, 3.05) is 14.2 Å². The topological polar surface area (TPSA) is 18.5 Å². The Morgan fingerprint density at radius 3 is 2.00 bits per heavy atom. The minimum Gasteiger partial charge on any atom is -0.497 e. The van der Waals surface area contributed by atoms with E-state index in [1.807, 2.05) is 29.6 Å². The van der Waals surface area contributed by atoms with Crippen LogP contribution in [0.3, 0.4) is 0 Å². The molecule has 114 valence electrons. The zero-order valence-electron chi connectivity index (χ0n) is 12.6. The SMILES string of the molecule is COc1cc(OC)cc(C2(C3CCCCC3)SC=CS2)c1. The van der Waals surface area contributed by atoms with Gasteiger partial charge < -0.3 is 9.47 Å². The molecule has 0 saturated heterocycles. The maximum Gasteiger partial charge on any atom is 0.122 e. The highest BCUT2D eigenvalue weighted by atomic mass is 32.2. The molecule has 0 aromatic heterocycles. The Bertz CT molecular complexity index is 491. The summed E-state index contributed by atoms with van der Waals surface area (Å²) in [6.45, 7) is 0. The summed E-state index contributed by atoms with van der Waals surface area (Å²) in [5.74, 6) is 2.48. The molecule has 2 aliphatic rings. The van der Waals surface area contributed by atoms with E-state index in [2.05, 4.69) is 22.9 Å². The third-order valence-corrected chi connectivity index (χ3v) is 7.57. The molecule has 3 rings (SSSR count). The maximum absolute atomic E-state index is 5.47. The summed E-state index contributed by atoms with van der Waals surface area (Å²) in [6.07, 6.45) is 6.74. The molecule has 1 heterocycles. The first-order valence-electron chi connectivity index (χ1n) is 7.52. The third-order valence-electron chi connectivity index (χ3n) is 4.44. The molecular weight excluding hydrogens is 300 g/mol. The van der Waals surface area contributed by atoms with Gasteiger partial charge in [0.2, 0.25) is 0 Å². The van der Waals surface area contributed by atoms with Crippen LogP contribution >= 0.6 is 23.5 Å². The molecule has 1 aromatic rings. The molecule has 1 aliphatic carbocycles. The minimum atomic E-state index is 0.0994. The van der Waals surface area contributed by atoms with Crippen LogP contribution in [0.4, 0.5) is 0 Å². The summed E-state index contributed by atoms with van der Waals surface area (Å²) in [4.78, 5) is 0. The van der Waals surface area contributed by atoms with Gasteiger partial charge in [0.1, 0.15) is 11.5 Å². The van der Waals surface area contributed by atoms with Crippen LogP contribution in [0.25, 0.3) is 0 Å². The Morgan fingerprint density at radius 1 is 0.905 bits per heavy atom. The van der Waals surface area contributed by atoms with Crippen molar-refractivity contribution >= 4 is 23.5 Å². The fourth-order valence-electron chi connectivity index (χ4n) is 3.34. The van der Waals surface area contributed by atoms with Crippen molar-refractivity contribution in [3.63, 3.8) is 0 Å². The highest BCUT2D eigenvalue weighted by molar-refractivity contribution is 8.22. The van der Waals surface area contributed by atoms with Gasteiger partial charge in [0.15, 0.2) is 0 Å². The Hall–Kier alpha value is -0.740. The van der Waals surface area contributed by atoms with Gasteiger partial charge in [-0.25, -0.2) is 0 Å². The summed E-state index contributed by atoms with van der Waals surface area (Å²) >= 11 is 3.92. The van der Waals surface area contributed by atoms with Crippen molar-refractivity contribution in [3.8, 4) is 11.5 Å². The van der Waals surface area contributed by atoms with E-state index in [0.29, 0.717) is 5.92 Å². The highest BCUT2D eigenvalue weighted by Gasteiger charge is 2.43. The van der Waals surface area contributed by atoms with Crippen LogP contribution in [0.1, 0.15) is 37.7 Å². The van der Waals surface area contributed by atoms with E-state index >= 15 is 0 Å². The Kier molecular flexibility index (Phi) is 4.75. The first kappa shape index (κ1) is 15.2. The summed E-state index contributed by atoms with van der Waals surface area (Å²) in [7, 11) is 3.44. The normalized spacial score (nSPS) is 21.4. The lowest BCUT2D eigenvalue weighted by Gasteiger charge is -2.39. The molecule has 0 unspecified atom stereocenters. The smallest absolute Gasteiger partial charge is 0.122 e. The molecule has 0 N–H and O–H groups in total. The van der Waals surface area contributed by atoms with Gasteiger partial charge in [0.25, 0.3) is 0 Å². The Morgan fingerprint density at radius 2 is 1.48 bits per heavy atom. The summed E-state index contributed by atoms with van der Waals surface area (Å²) < 4.78 is 11.0. The molecule has 0 radical (unpaired) electrons. The molecule has 1 fully saturated rings. The zero-order valence-corrected chi connectivity index (χ0v) is 14.3. The lowest BCUT2D eigenvalue weighted by molar-refractivity contribution is 0.334. The van der Waals surface area contributed by atoms with E-state index in [1.165, 1.54) is 37.7 Å². The number of hydrogen-bond acceptors (Lipinski definition) is 4. The van der Waals surface area contributed by atoms with Gasteiger partial charge in [-0.2, -0.15) is 0 Å². The third kappa shape index (κ3) is 2.93. The number of methoxy groups -OCH3 is 2. The second-order valence-electron chi connectivity index (χ2n) is 5.61. The van der Waals surface area contributed by atoms with Gasteiger partial charge in [-0.05, 0) is 47.3 Å². The van der Waals surface area contributed by atoms with E-state index in [1.54, 1.807) is 14.2 Å². The van der Waals surface area contributed by atoms with Gasteiger partial charge in [-0.3, -0.25) is 0 Å². The predicted molar refractivity (Wildman–Crippen MR) is 92.1 cm³/mol. The van der Waals surface area contributed by atoms with Crippen molar-refractivity contribution in [2.24, 2.45) is 5.92 Å². The van der Waals surface area contributed by atoms with E-state index < -0.39 is 0 Å². The van der Waals surface area contributed by atoms with Crippen LogP contribution < -0.4 is 9.47 Å². The summed E-state index contributed by atoms with van der Waals surface area (Å²) in [6, 6.07) is 6.32. The summed E-state index contributed by atoms with van der Waals surface area (Å²) in [5.41, 5.74) is 1.32. The van der Waals surface area contributed by atoms with E-state index in [4.69, 9.17) is 9.47 Å². The standard InChI is InChI=1S/C17H22O2S2/c1-18-15-10-14(11-16(12-15)19-2)17(20-8-9-21-17)13-6-4-3-5-7-13/h8-13H,3-7H2,1-2H3. The van der Waals surface area contributed by atoms with Crippen LogP contribution in [0, 0.1) is 5.92 Å². The number of rotatable bonds is 4. The van der Waals surface area contributed by atoms with Crippen molar-refractivity contribution < 1.29 is 9.47 Å². The first-order chi connectivity index (χ1) is 10.3. The molecule has 1 aliphatic heterocycles. The van der Waals surface area contributed by atoms with Crippen LogP contribution in [-0.2, 0) is 4.08 Å². The lowest BCUT2D eigenvalue weighted by atomic mass is 9.83. The van der Waals surface area contributed by atoms with Gasteiger partial charge in [0.05, 0.1) is 18.3 Å². The van der Waals surface area contributed by atoms with Gasteiger partial charge in [-0.15, -0.1) is 23.5 Å². The van der Waals surface area contributed by atoms with E-state index in [-0.39, 0.29) is 4.08 Å². The molecule has 1 aromatic carbocycles. The molecule has 0 amide bonds. The lowest BCUT2D eigenvalue weighted by Crippen LogP contribution is -2.28. The fraction of sp³-hybridized carbons (Fsp3) is 0.529. The molecule has 1 saturated carbocycles. The van der Waals surface area contributed by atoms with Gasteiger partial charge >= 0.3 is 0 Å². The summed E-state index contributed by atoms with van der Waals surface area (Å²) in [5, 5.41) is 4.48. The molecule has 2 nitrogen and oxygen atoms in total. The van der Waals surface area contributed by atoms with Crippen LogP contribution in [0.15, 0.2) is 29.0 Å². The average molecular weight is 322 g/mol. The molecule has 4 heteroatoms. The largest absolute Gasteiger partial charge is 0.497 e. The van der Waals surface area contributed by atoms with Crippen LogP contribution in [0.2, 0.25) is 0 Å². The molecular formula is C17H22O2S2. The van der Waals surface area contributed by atoms with Gasteiger partial charge in [-0.1, -0.05) is 19.3 Å². The Labute approximate surface area is 135 Å². The van der Waals surface area contributed by atoms with Crippen molar-refractivity contribution in [1.29, 1.82) is 0 Å². The molecule has 0 bridgehead atoms. The maximum atomic E-state index is 5.47. The predicted octanol–water partition coefficient (Wildman–Crippen LogP) is 5.39. The highest BCUT2D eigenvalue weighted by Crippen LogP contribution is 2.61. The quantitative estimate of drug-likeness (QED) is 0.739. The first-order valence-corrected chi connectivity index (χ1v) is 9.28. The minimum absolute atomic E-state index is 0.0994. The van der Waals surface area contributed by atoms with Crippen molar-refractivity contribution in [3.05, 3.63) is 34.6 Å². The van der Waals surface area contributed by atoms with Crippen LogP contribution in [-0.4, -0.2) is 14.2 Å². The van der Waals surface area contributed by atoms with Crippen molar-refractivity contribution in [2.45, 2.75) is 36.2 Å². The number of benzene rings is 1. The second kappa shape index (κ2) is 6.57. The molecule has 21 heavy (non-hydrogen) atoms.